The van der Waals surface area contributed by atoms with Gasteiger partial charge in [0.1, 0.15) is 0 Å². The van der Waals surface area contributed by atoms with Crippen LogP contribution in [0.15, 0.2) is 0 Å². The molecule has 0 heterocycles. The predicted molar refractivity (Wildman–Crippen MR) is 39.9 cm³/mol. The Hall–Kier alpha value is -0.162. The molecule has 0 saturated carbocycles. The molecule has 0 spiro atoms. The van der Waals surface area contributed by atoms with E-state index in [9.17, 15) is 14.4 Å². The van der Waals surface area contributed by atoms with Crippen molar-refractivity contribution in [1.29, 1.82) is 0 Å². The second kappa shape index (κ2) is 6.35. The van der Waals surface area contributed by atoms with Gasteiger partial charge in [-0.2, -0.15) is 0 Å². The van der Waals surface area contributed by atoms with Gasteiger partial charge in [-0.1, -0.05) is 0 Å². The monoisotopic (exact) mass is 420 g/mol. The molecule has 78 valence electrons. The van der Waals surface area contributed by atoms with Crippen molar-refractivity contribution in [3.8, 4) is 0 Å². The third-order valence-electron chi connectivity index (χ3n) is 1.29. The van der Waals surface area contributed by atoms with Crippen molar-refractivity contribution in [2.24, 2.45) is 0 Å². The van der Waals surface area contributed by atoms with Crippen LogP contribution in [0.3, 0.4) is 0 Å². The number of carboxylic acids is 3. The molecule has 0 saturated heterocycles. The van der Waals surface area contributed by atoms with Crippen molar-refractivity contribution in [3.63, 3.8) is 0 Å². The fourth-order valence-electron chi connectivity index (χ4n) is 0.714. The van der Waals surface area contributed by atoms with E-state index in [1.165, 1.54) is 0 Å². The molecule has 0 aromatic carbocycles. The summed E-state index contributed by atoms with van der Waals surface area (Å²) >= 11 is 0. The molecular weight excluding hydrogens is 410 g/mol. The summed E-state index contributed by atoms with van der Waals surface area (Å²) in [5.74, 6) is -5.02. The Labute approximate surface area is 115 Å². The van der Waals surface area contributed by atoms with E-state index in [2.05, 4.69) is 0 Å². The number of hydrogen-bond acceptors (Lipinski definition) is 4. The van der Waals surface area contributed by atoms with Crippen LogP contribution in [0.5, 0.6) is 0 Å². The molecule has 0 aliphatic rings. The van der Waals surface area contributed by atoms with Crippen molar-refractivity contribution in [2.75, 3.05) is 0 Å². The Morgan fingerprint density at radius 2 is 1.21 bits per heavy atom. The van der Waals surface area contributed by atoms with Gasteiger partial charge in [-0.15, -0.1) is 0 Å². The van der Waals surface area contributed by atoms with E-state index < -0.39 is 36.4 Å². The molecule has 0 atom stereocenters. The Bertz CT molecular complexity index is 233. The first kappa shape index (κ1) is 16.3. The first-order valence-electron chi connectivity index (χ1n) is 3.17. The molecule has 14 heavy (non-hydrogen) atoms. The van der Waals surface area contributed by atoms with E-state index in [0.29, 0.717) is 0 Å². The number of carboxylic acid groups (broad SMARTS) is 3. The molecule has 0 rings (SSSR count). The standard InChI is InChI=1S/C6H8O7.Ra.2H/c7-3(8)1-6(13,5(11)12)2-4(9)10;;;/h13H,1-2H2,(H,7,8)(H,9,10)(H,11,12);;;. The molecular formula is C6H10O7Ra. The molecule has 0 fully saturated rings. The van der Waals surface area contributed by atoms with Crippen LogP contribution in [-0.2, 0) is 14.4 Å². The van der Waals surface area contributed by atoms with Gasteiger partial charge in [0.25, 0.3) is 0 Å². The SMILES string of the molecule is O=C(O)CC(O)(CC(=O)O)C(=O)O.[RaH2]. The van der Waals surface area contributed by atoms with Crippen LogP contribution in [0.4, 0.5) is 0 Å². The van der Waals surface area contributed by atoms with Crippen molar-refractivity contribution in [1.82, 2.24) is 0 Å². The topological polar surface area (TPSA) is 132 Å². The molecule has 0 bridgehead atoms. The summed E-state index contributed by atoms with van der Waals surface area (Å²) in [4.78, 5) is 30.5. The zero-order valence-corrected chi connectivity index (χ0v) is 6.43. The predicted octanol–water partition coefficient (Wildman–Crippen LogP) is -1.78. The molecule has 0 unspecified atom stereocenters. The van der Waals surface area contributed by atoms with Crippen LogP contribution in [0.2, 0.25) is 0 Å². The summed E-state index contributed by atoms with van der Waals surface area (Å²) in [5, 5.41) is 33.8. The van der Waals surface area contributed by atoms with Gasteiger partial charge < -0.3 is 20.4 Å². The van der Waals surface area contributed by atoms with Gasteiger partial charge >= 0.3 is 62.9 Å². The Kier molecular flexibility index (Phi) is 7.38. The molecule has 0 aliphatic heterocycles. The zero-order valence-electron chi connectivity index (χ0n) is 6.43. The molecule has 0 aromatic heterocycles. The molecule has 8 heteroatoms. The molecule has 0 aliphatic carbocycles. The second-order valence-electron chi connectivity index (χ2n) is 2.48. The summed E-state index contributed by atoms with van der Waals surface area (Å²) in [5.41, 5.74) is -2.74. The van der Waals surface area contributed by atoms with Gasteiger partial charge in [0.05, 0.1) is 12.8 Å². The first-order valence-corrected chi connectivity index (χ1v) is 3.17. The third kappa shape index (κ3) is 5.54. The average molecular weight is 420 g/mol. The molecule has 0 radical (unpaired) electrons. The minimum atomic E-state index is -2.74. The van der Waals surface area contributed by atoms with E-state index in [1.807, 2.05) is 0 Å². The van der Waals surface area contributed by atoms with Gasteiger partial charge in [-0.25, -0.2) is 4.79 Å². The van der Waals surface area contributed by atoms with Crippen LogP contribution < -0.4 is 0 Å². The van der Waals surface area contributed by atoms with E-state index >= 15 is 0 Å². The van der Waals surface area contributed by atoms with Crippen LogP contribution >= 0.6 is 0 Å². The Morgan fingerprint density at radius 1 is 0.929 bits per heavy atom. The number of aliphatic hydroxyl groups is 1. The van der Waals surface area contributed by atoms with Crippen molar-refractivity contribution < 1.29 is 79.8 Å². The summed E-state index contributed by atoms with van der Waals surface area (Å²) in [7, 11) is 0. The maximum absolute atomic E-state index is 10.3. The third-order valence-corrected chi connectivity index (χ3v) is 1.29. The number of carbonyl (C=O) groups is 3. The molecule has 4 N–H and O–H groups in total. The average Bonchev–Trinajstić information content (AvgIpc) is 1.82. The molecule has 0 amide bonds. The minimum absolute atomic E-state index is 0. The van der Waals surface area contributed by atoms with E-state index in [-0.39, 0.29) is 45.0 Å². The fourth-order valence-corrected chi connectivity index (χ4v) is 0.714. The summed E-state index contributed by atoms with van der Waals surface area (Å²) in [6.45, 7) is 0. The van der Waals surface area contributed by atoms with Crippen LogP contribution in [-0.4, -0.2) is 43.9 Å². The van der Waals surface area contributed by atoms with Crippen molar-refractivity contribution in [3.05, 3.63) is 0 Å². The maximum atomic E-state index is 10.3. The van der Waals surface area contributed by atoms with Crippen LogP contribution in [0.25, 0.3) is 0 Å². The van der Waals surface area contributed by atoms with E-state index in [4.69, 9.17) is 20.4 Å². The molecule has 7 nitrogen and oxygen atoms in total. The number of aliphatic carboxylic acids is 3. The van der Waals surface area contributed by atoms with Crippen LogP contribution in [0.1, 0.15) is 12.8 Å². The summed E-state index contributed by atoms with van der Waals surface area (Å²) in [6.07, 6.45) is -2.29. The van der Waals surface area contributed by atoms with Crippen molar-refractivity contribution >= 4 is 17.9 Å². The molecule has 0 aromatic rings. The summed E-state index contributed by atoms with van der Waals surface area (Å²) in [6, 6.07) is 0. The summed E-state index contributed by atoms with van der Waals surface area (Å²) < 4.78 is 0. The van der Waals surface area contributed by atoms with Crippen molar-refractivity contribution in [2.45, 2.75) is 18.4 Å². The Balaban J connectivity index is 0. The zero-order chi connectivity index (χ0) is 10.6. The van der Waals surface area contributed by atoms with Crippen LogP contribution in [0, 0.1) is 45.0 Å². The van der Waals surface area contributed by atoms with Gasteiger partial charge in [0.15, 0.2) is 5.60 Å². The van der Waals surface area contributed by atoms with Gasteiger partial charge in [-0.3, -0.25) is 9.59 Å². The number of hydrogen-bond donors (Lipinski definition) is 4. The first-order chi connectivity index (χ1) is 5.78. The Morgan fingerprint density at radius 3 is 1.36 bits per heavy atom. The quantitative estimate of drug-likeness (QED) is 0.414. The van der Waals surface area contributed by atoms with Gasteiger partial charge in [-0.05, 0) is 0 Å². The number of rotatable bonds is 5. The fraction of sp³-hybridized carbons (Fsp3) is 0.500. The van der Waals surface area contributed by atoms with Gasteiger partial charge in [0, 0.05) is 0 Å². The van der Waals surface area contributed by atoms with Gasteiger partial charge in [0.2, 0.25) is 0 Å². The van der Waals surface area contributed by atoms with E-state index in [0.717, 1.165) is 0 Å². The normalized spacial score (nSPS) is 10.1. The van der Waals surface area contributed by atoms with E-state index in [1.54, 1.807) is 0 Å². The second-order valence-corrected chi connectivity index (χ2v) is 2.48.